The summed E-state index contributed by atoms with van der Waals surface area (Å²) in [5, 5.41) is 0. The van der Waals surface area contributed by atoms with Gasteiger partial charge in [0.2, 0.25) is 5.91 Å². The highest BCUT2D eigenvalue weighted by Crippen LogP contribution is 2.29. The highest BCUT2D eigenvalue weighted by Gasteiger charge is 2.24. The van der Waals surface area contributed by atoms with Gasteiger partial charge in [-0.05, 0) is 37.5 Å². The molecule has 2 rings (SSSR count). The van der Waals surface area contributed by atoms with Crippen LogP contribution >= 0.6 is 0 Å². The number of benzene rings is 1. The minimum atomic E-state index is -0.206. The average molecular weight is 218 g/mol. The first-order chi connectivity index (χ1) is 7.37. The van der Waals surface area contributed by atoms with E-state index in [0.29, 0.717) is 6.42 Å². The smallest absolute Gasteiger partial charge is 0.231 e. The fourth-order valence-corrected chi connectivity index (χ4v) is 2.16. The minimum Gasteiger partial charge on any atom is -0.325 e. The Kier molecular flexibility index (Phi) is 2.50. The SMILES string of the molecule is CN1C(=O)Cc2cc(CC(C)(C)N)ccc21. The standard InChI is InChI=1S/C13H18N2O/c1-13(2,14)8-9-4-5-11-10(6-9)7-12(16)15(11)3/h4-6H,7-8,14H2,1-3H3. The van der Waals surface area contributed by atoms with E-state index < -0.39 is 0 Å². The highest BCUT2D eigenvalue weighted by molar-refractivity contribution is 6.00. The van der Waals surface area contributed by atoms with Gasteiger partial charge in [-0.25, -0.2) is 0 Å². The number of nitrogens with two attached hydrogens (primary N) is 1. The molecule has 1 heterocycles. The van der Waals surface area contributed by atoms with Gasteiger partial charge >= 0.3 is 0 Å². The highest BCUT2D eigenvalue weighted by atomic mass is 16.2. The zero-order chi connectivity index (χ0) is 11.9. The fourth-order valence-electron chi connectivity index (χ4n) is 2.16. The molecule has 0 saturated heterocycles. The van der Waals surface area contributed by atoms with Crippen LogP contribution in [-0.4, -0.2) is 18.5 Å². The van der Waals surface area contributed by atoms with Gasteiger partial charge in [0, 0.05) is 18.3 Å². The predicted octanol–water partition coefficient (Wildman–Crippen LogP) is 1.49. The molecule has 0 aliphatic carbocycles. The van der Waals surface area contributed by atoms with Crippen LogP contribution in [0.1, 0.15) is 25.0 Å². The maximum absolute atomic E-state index is 11.5. The number of amides is 1. The Balaban J connectivity index is 2.29. The summed E-state index contributed by atoms with van der Waals surface area (Å²) in [5.74, 6) is 0.166. The lowest BCUT2D eigenvalue weighted by Gasteiger charge is -2.19. The number of nitrogens with zero attached hydrogens (tertiary/aromatic N) is 1. The third-order valence-corrected chi connectivity index (χ3v) is 2.88. The zero-order valence-electron chi connectivity index (χ0n) is 10.1. The first-order valence-corrected chi connectivity index (χ1v) is 5.54. The summed E-state index contributed by atoms with van der Waals surface area (Å²) in [5.41, 5.74) is 9.14. The van der Waals surface area contributed by atoms with Crippen LogP contribution in [0, 0.1) is 0 Å². The molecule has 1 amide bonds. The molecule has 0 aromatic heterocycles. The molecule has 0 fully saturated rings. The Morgan fingerprint density at radius 2 is 2.12 bits per heavy atom. The summed E-state index contributed by atoms with van der Waals surface area (Å²) < 4.78 is 0. The van der Waals surface area contributed by atoms with Crippen LogP contribution in [0.4, 0.5) is 5.69 Å². The summed E-state index contributed by atoms with van der Waals surface area (Å²) in [7, 11) is 1.82. The Labute approximate surface area is 96.2 Å². The van der Waals surface area contributed by atoms with Crippen molar-refractivity contribution in [3.05, 3.63) is 29.3 Å². The Morgan fingerprint density at radius 3 is 2.75 bits per heavy atom. The number of rotatable bonds is 2. The van der Waals surface area contributed by atoms with E-state index in [-0.39, 0.29) is 11.4 Å². The lowest BCUT2D eigenvalue weighted by Crippen LogP contribution is -2.34. The zero-order valence-corrected chi connectivity index (χ0v) is 10.1. The third-order valence-electron chi connectivity index (χ3n) is 2.88. The van der Waals surface area contributed by atoms with Crippen molar-refractivity contribution in [2.75, 3.05) is 11.9 Å². The summed E-state index contributed by atoms with van der Waals surface area (Å²) >= 11 is 0. The lowest BCUT2D eigenvalue weighted by molar-refractivity contribution is -0.117. The van der Waals surface area contributed by atoms with Crippen LogP contribution in [0.3, 0.4) is 0 Å². The van der Waals surface area contributed by atoms with Crippen molar-refractivity contribution in [1.82, 2.24) is 0 Å². The molecule has 0 spiro atoms. The number of fused-ring (bicyclic) bond motifs is 1. The van der Waals surface area contributed by atoms with Gasteiger partial charge < -0.3 is 10.6 Å². The van der Waals surface area contributed by atoms with Crippen LogP contribution in [-0.2, 0) is 17.6 Å². The van der Waals surface area contributed by atoms with E-state index in [1.165, 1.54) is 5.56 Å². The number of carbonyl (C=O) groups excluding carboxylic acids is 1. The van der Waals surface area contributed by atoms with Crippen molar-refractivity contribution in [2.45, 2.75) is 32.2 Å². The van der Waals surface area contributed by atoms with Gasteiger partial charge in [-0.1, -0.05) is 12.1 Å². The second-order valence-electron chi connectivity index (χ2n) is 5.26. The minimum absolute atomic E-state index is 0.166. The molecule has 0 unspecified atom stereocenters. The van der Waals surface area contributed by atoms with Gasteiger partial charge in [-0.2, -0.15) is 0 Å². The Bertz CT molecular complexity index is 432. The maximum Gasteiger partial charge on any atom is 0.231 e. The van der Waals surface area contributed by atoms with E-state index in [1.54, 1.807) is 4.90 Å². The van der Waals surface area contributed by atoms with Gasteiger partial charge in [0.1, 0.15) is 0 Å². The summed E-state index contributed by atoms with van der Waals surface area (Å²) in [6.07, 6.45) is 1.35. The summed E-state index contributed by atoms with van der Waals surface area (Å²) in [4.78, 5) is 13.2. The topological polar surface area (TPSA) is 46.3 Å². The van der Waals surface area contributed by atoms with Crippen LogP contribution in [0.2, 0.25) is 0 Å². The van der Waals surface area contributed by atoms with E-state index in [2.05, 4.69) is 12.1 Å². The molecule has 3 nitrogen and oxygen atoms in total. The molecule has 2 N–H and O–H groups in total. The van der Waals surface area contributed by atoms with Gasteiger partial charge in [-0.3, -0.25) is 4.79 Å². The molecule has 86 valence electrons. The van der Waals surface area contributed by atoms with Crippen LogP contribution < -0.4 is 10.6 Å². The first-order valence-electron chi connectivity index (χ1n) is 5.54. The van der Waals surface area contributed by atoms with Crippen molar-refractivity contribution in [3.8, 4) is 0 Å². The van der Waals surface area contributed by atoms with E-state index in [0.717, 1.165) is 17.7 Å². The average Bonchev–Trinajstić information content (AvgIpc) is 2.40. The molecule has 1 aromatic carbocycles. The molecule has 1 aliphatic rings. The monoisotopic (exact) mass is 218 g/mol. The maximum atomic E-state index is 11.5. The normalized spacial score (nSPS) is 15.5. The molecule has 0 radical (unpaired) electrons. The van der Waals surface area contributed by atoms with E-state index >= 15 is 0 Å². The summed E-state index contributed by atoms with van der Waals surface area (Å²) in [6, 6.07) is 6.18. The van der Waals surface area contributed by atoms with Gasteiger partial charge in [-0.15, -0.1) is 0 Å². The number of hydrogen-bond donors (Lipinski definition) is 1. The molecule has 0 atom stereocenters. The van der Waals surface area contributed by atoms with Crippen molar-refractivity contribution in [2.24, 2.45) is 5.73 Å². The van der Waals surface area contributed by atoms with E-state index in [4.69, 9.17) is 5.73 Å². The second kappa shape index (κ2) is 3.59. The van der Waals surface area contributed by atoms with Crippen molar-refractivity contribution >= 4 is 11.6 Å². The molecule has 0 saturated carbocycles. The molecule has 0 bridgehead atoms. The third kappa shape index (κ3) is 2.09. The summed E-state index contributed by atoms with van der Waals surface area (Å²) in [6.45, 7) is 4.02. The quantitative estimate of drug-likeness (QED) is 0.817. The Hall–Kier alpha value is -1.35. The van der Waals surface area contributed by atoms with Crippen molar-refractivity contribution < 1.29 is 4.79 Å². The number of carbonyl (C=O) groups is 1. The largest absolute Gasteiger partial charge is 0.325 e. The lowest BCUT2D eigenvalue weighted by atomic mass is 9.94. The molecule has 3 heteroatoms. The Morgan fingerprint density at radius 1 is 1.44 bits per heavy atom. The van der Waals surface area contributed by atoms with Crippen LogP contribution in [0.25, 0.3) is 0 Å². The van der Waals surface area contributed by atoms with E-state index in [9.17, 15) is 4.79 Å². The van der Waals surface area contributed by atoms with Crippen LogP contribution in [0.5, 0.6) is 0 Å². The number of hydrogen-bond acceptors (Lipinski definition) is 2. The number of anilines is 1. The van der Waals surface area contributed by atoms with Crippen LogP contribution in [0.15, 0.2) is 18.2 Å². The molecule has 16 heavy (non-hydrogen) atoms. The predicted molar refractivity (Wildman–Crippen MR) is 65.5 cm³/mol. The fraction of sp³-hybridized carbons (Fsp3) is 0.462. The van der Waals surface area contributed by atoms with E-state index in [1.807, 2.05) is 27.0 Å². The van der Waals surface area contributed by atoms with Gasteiger partial charge in [0.15, 0.2) is 0 Å². The molecule has 1 aromatic rings. The second-order valence-corrected chi connectivity index (χ2v) is 5.26. The first kappa shape index (κ1) is 11.1. The molecular weight excluding hydrogens is 200 g/mol. The van der Waals surface area contributed by atoms with Gasteiger partial charge in [0.25, 0.3) is 0 Å². The number of likely N-dealkylation sites (N-methyl/N-ethyl adjacent to an activating group) is 1. The van der Waals surface area contributed by atoms with Crippen molar-refractivity contribution in [3.63, 3.8) is 0 Å². The van der Waals surface area contributed by atoms with Crippen molar-refractivity contribution in [1.29, 1.82) is 0 Å². The molecular formula is C13H18N2O. The van der Waals surface area contributed by atoms with Gasteiger partial charge in [0.05, 0.1) is 6.42 Å². The molecule has 1 aliphatic heterocycles.